The Bertz CT molecular complexity index is 381. The van der Waals surface area contributed by atoms with E-state index in [1.807, 2.05) is 0 Å². The van der Waals surface area contributed by atoms with Crippen LogP contribution in [0.5, 0.6) is 0 Å². The number of aromatic nitrogens is 2. The Balaban J connectivity index is 2.00. The molecule has 114 valence electrons. The second-order valence-corrected chi connectivity index (χ2v) is 5.73. The minimum Gasteiger partial charge on any atom is -0.383 e. The van der Waals surface area contributed by atoms with Gasteiger partial charge < -0.3 is 10.1 Å². The largest absolute Gasteiger partial charge is 0.383 e. The van der Waals surface area contributed by atoms with E-state index in [9.17, 15) is 0 Å². The van der Waals surface area contributed by atoms with Crippen LogP contribution in [0.3, 0.4) is 0 Å². The maximum absolute atomic E-state index is 5.07. The van der Waals surface area contributed by atoms with Crippen molar-refractivity contribution in [2.24, 2.45) is 0 Å². The summed E-state index contributed by atoms with van der Waals surface area (Å²) in [6, 6.07) is 0.625. The highest BCUT2D eigenvalue weighted by Gasteiger charge is 2.18. The maximum Gasteiger partial charge on any atom is 0.0587 e. The lowest BCUT2D eigenvalue weighted by molar-refractivity contribution is 0.199. The molecule has 4 heteroatoms. The Labute approximate surface area is 122 Å². The van der Waals surface area contributed by atoms with Crippen molar-refractivity contribution in [2.75, 3.05) is 20.3 Å². The first-order valence-corrected chi connectivity index (χ1v) is 8.11. The Morgan fingerprint density at radius 1 is 1.30 bits per heavy atom. The summed E-state index contributed by atoms with van der Waals surface area (Å²) in [5.41, 5.74) is 2.77. The van der Waals surface area contributed by atoms with Gasteiger partial charge in [-0.25, -0.2) is 0 Å². The topological polar surface area (TPSA) is 39.1 Å². The average Bonchev–Trinajstić information content (AvgIpc) is 2.69. The molecule has 1 N–H and O–H groups in total. The number of rotatable bonds is 7. The molecule has 0 atom stereocenters. The van der Waals surface area contributed by atoms with Crippen molar-refractivity contribution in [3.05, 3.63) is 17.5 Å². The molecule has 4 nitrogen and oxygen atoms in total. The molecule has 1 aliphatic carbocycles. The van der Waals surface area contributed by atoms with Crippen LogP contribution in [0.25, 0.3) is 0 Å². The van der Waals surface area contributed by atoms with Gasteiger partial charge in [0.1, 0.15) is 0 Å². The molecule has 1 saturated carbocycles. The van der Waals surface area contributed by atoms with Gasteiger partial charge in [-0.2, -0.15) is 5.10 Å². The molecule has 0 radical (unpaired) electrons. The van der Waals surface area contributed by atoms with Crippen LogP contribution in [-0.2, 0) is 17.7 Å². The first-order chi connectivity index (χ1) is 9.86. The van der Waals surface area contributed by atoms with Crippen molar-refractivity contribution < 1.29 is 4.74 Å². The third-order valence-corrected chi connectivity index (χ3v) is 4.29. The van der Waals surface area contributed by atoms with Crippen molar-refractivity contribution in [3.8, 4) is 0 Å². The van der Waals surface area contributed by atoms with E-state index in [1.54, 1.807) is 7.11 Å². The van der Waals surface area contributed by atoms with Crippen LogP contribution in [0.1, 0.15) is 62.7 Å². The van der Waals surface area contributed by atoms with E-state index >= 15 is 0 Å². The van der Waals surface area contributed by atoms with E-state index in [0.717, 1.165) is 26.1 Å². The minimum absolute atomic E-state index is 0.625. The van der Waals surface area contributed by atoms with E-state index in [0.29, 0.717) is 6.04 Å². The van der Waals surface area contributed by atoms with Crippen molar-refractivity contribution in [1.82, 2.24) is 15.1 Å². The number of hydrogen-bond donors (Lipinski definition) is 1. The first-order valence-electron chi connectivity index (χ1n) is 8.11. The van der Waals surface area contributed by atoms with Crippen LogP contribution >= 0.6 is 0 Å². The molecule has 0 bridgehead atoms. The standard InChI is InChI=1S/C16H29N3O/c1-3-16-14(12-17-10-11-20-2)13-18-19(16)15-8-6-4-5-7-9-15/h13,15,17H,3-12H2,1-2H3. The fraction of sp³-hybridized carbons (Fsp3) is 0.812. The molecule has 0 saturated heterocycles. The average molecular weight is 279 g/mol. The normalized spacial score (nSPS) is 17.3. The monoisotopic (exact) mass is 279 g/mol. The highest BCUT2D eigenvalue weighted by Crippen LogP contribution is 2.28. The van der Waals surface area contributed by atoms with Crippen molar-refractivity contribution in [3.63, 3.8) is 0 Å². The quantitative estimate of drug-likeness (QED) is 0.616. The molecule has 0 spiro atoms. The molecule has 2 rings (SSSR count). The minimum atomic E-state index is 0.625. The van der Waals surface area contributed by atoms with E-state index in [-0.39, 0.29) is 0 Å². The van der Waals surface area contributed by atoms with Gasteiger partial charge in [0.2, 0.25) is 0 Å². The summed E-state index contributed by atoms with van der Waals surface area (Å²) in [4.78, 5) is 0. The summed E-state index contributed by atoms with van der Waals surface area (Å²) in [5.74, 6) is 0. The summed E-state index contributed by atoms with van der Waals surface area (Å²) < 4.78 is 7.39. The molecule has 20 heavy (non-hydrogen) atoms. The first kappa shape index (κ1) is 15.5. The van der Waals surface area contributed by atoms with Crippen LogP contribution in [0.15, 0.2) is 6.20 Å². The second kappa shape index (κ2) is 8.42. The summed E-state index contributed by atoms with van der Waals surface area (Å²) >= 11 is 0. The molecule has 1 aromatic rings. The fourth-order valence-corrected chi connectivity index (χ4v) is 3.17. The van der Waals surface area contributed by atoms with Gasteiger partial charge in [-0.05, 0) is 19.3 Å². The number of hydrogen-bond acceptors (Lipinski definition) is 3. The van der Waals surface area contributed by atoms with Gasteiger partial charge in [0.05, 0.1) is 18.8 Å². The maximum atomic E-state index is 5.07. The lowest BCUT2D eigenvalue weighted by Gasteiger charge is -2.18. The summed E-state index contributed by atoms with van der Waals surface area (Å²) in [6.07, 6.45) is 11.2. The Hall–Kier alpha value is -0.870. The van der Waals surface area contributed by atoms with Crippen LogP contribution in [0.2, 0.25) is 0 Å². The summed E-state index contributed by atoms with van der Waals surface area (Å²) in [5, 5.41) is 8.12. The molecule has 1 heterocycles. The number of nitrogens with one attached hydrogen (secondary N) is 1. The lowest BCUT2D eigenvalue weighted by atomic mass is 10.1. The zero-order valence-electron chi connectivity index (χ0n) is 13.0. The lowest BCUT2D eigenvalue weighted by Crippen LogP contribution is -2.20. The number of nitrogens with zero attached hydrogens (tertiary/aromatic N) is 2. The van der Waals surface area contributed by atoms with Gasteiger partial charge in [-0.1, -0.05) is 32.6 Å². The zero-order chi connectivity index (χ0) is 14.2. The number of ether oxygens (including phenoxy) is 1. The third-order valence-electron chi connectivity index (χ3n) is 4.29. The highest BCUT2D eigenvalue weighted by atomic mass is 16.5. The van der Waals surface area contributed by atoms with Gasteiger partial charge in [0.25, 0.3) is 0 Å². The molecule has 1 aliphatic rings. The van der Waals surface area contributed by atoms with E-state index in [2.05, 4.69) is 23.1 Å². The van der Waals surface area contributed by atoms with Crippen molar-refractivity contribution in [1.29, 1.82) is 0 Å². The van der Waals surface area contributed by atoms with E-state index in [1.165, 1.54) is 49.8 Å². The molecule has 0 unspecified atom stereocenters. The SMILES string of the molecule is CCc1c(CNCCOC)cnn1C1CCCCCC1. The van der Waals surface area contributed by atoms with Gasteiger partial charge in [-0.3, -0.25) is 4.68 Å². The van der Waals surface area contributed by atoms with Crippen molar-refractivity contribution in [2.45, 2.75) is 64.5 Å². The van der Waals surface area contributed by atoms with Gasteiger partial charge in [0.15, 0.2) is 0 Å². The molecule has 0 amide bonds. The van der Waals surface area contributed by atoms with Crippen LogP contribution in [-0.4, -0.2) is 30.0 Å². The fourth-order valence-electron chi connectivity index (χ4n) is 3.17. The van der Waals surface area contributed by atoms with E-state index in [4.69, 9.17) is 9.84 Å². The van der Waals surface area contributed by atoms with Gasteiger partial charge >= 0.3 is 0 Å². The molecule has 0 aromatic carbocycles. The molecule has 1 aromatic heterocycles. The summed E-state index contributed by atoms with van der Waals surface area (Å²) in [6.45, 7) is 4.80. The predicted molar refractivity (Wildman–Crippen MR) is 81.9 cm³/mol. The number of methoxy groups -OCH3 is 1. The zero-order valence-corrected chi connectivity index (χ0v) is 13.0. The van der Waals surface area contributed by atoms with Crippen LogP contribution in [0.4, 0.5) is 0 Å². The van der Waals surface area contributed by atoms with Crippen LogP contribution in [0, 0.1) is 0 Å². The van der Waals surface area contributed by atoms with Gasteiger partial charge in [-0.15, -0.1) is 0 Å². The van der Waals surface area contributed by atoms with Crippen LogP contribution < -0.4 is 5.32 Å². The molecule has 0 aliphatic heterocycles. The smallest absolute Gasteiger partial charge is 0.0587 e. The van der Waals surface area contributed by atoms with E-state index < -0.39 is 0 Å². The predicted octanol–water partition coefficient (Wildman–Crippen LogP) is 3.08. The molecular weight excluding hydrogens is 250 g/mol. The second-order valence-electron chi connectivity index (χ2n) is 5.73. The highest BCUT2D eigenvalue weighted by molar-refractivity contribution is 5.18. The molecular formula is C16H29N3O. The van der Waals surface area contributed by atoms with Crippen molar-refractivity contribution >= 4 is 0 Å². The summed E-state index contributed by atoms with van der Waals surface area (Å²) in [7, 11) is 1.74. The third kappa shape index (κ3) is 4.06. The molecule has 1 fully saturated rings. The Morgan fingerprint density at radius 3 is 2.70 bits per heavy atom. The van der Waals surface area contributed by atoms with Gasteiger partial charge in [0, 0.05) is 31.5 Å². The Morgan fingerprint density at radius 2 is 2.05 bits per heavy atom. The Kier molecular flexibility index (Phi) is 6.54.